The molecule has 1 heterocycles. The zero-order valence-electron chi connectivity index (χ0n) is 19.9. The summed E-state index contributed by atoms with van der Waals surface area (Å²) in [4.78, 5) is 32.4. The first kappa shape index (κ1) is 24.2. The number of carboxylic acid groups (broad SMARTS) is 1. The zero-order chi connectivity index (χ0) is 24.6. The third-order valence-electron chi connectivity index (χ3n) is 6.19. The molecule has 1 aliphatic heterocycles. The molecule has 0 fully saturated rings. The first-order valence-corrected chi connectivity index (χ1v) is 12.1. The molecule has 0 saturated carbocycles. The molecule has 35 heavy (non-hydrogen) atoms. The van der Waals surface area contributed by atoms with Gasteiger partial charge in [-0.2, -0.15) is 0 Å². The number of unbranched alkanes of at least 4 members (excludes halogenated alkanes) is 1. The average molecular weight is 471 g/mol. The molecule has 6 heteroatoms. The van der Waals surface area contributed by atoms with Crippen LogP contribution in [-0.4, -0.2) is 33.8 Å². The number of hydrogen-bond acceptors (Lipinski definition) is 4. The lowest BCUT2D eigenvalue weighted by atomic mass is 9.98. The van der Waals surface area contributed by atoms with Crippen LogP contribution in [0.1, 0.15) is 54.1 Å². The highest BCUT2D eigenvalue weighted by Crippen LogP contribution is 2.26. The van der Waals surface area contributed by atoms with E-state index >= 15 is 0 Å². The van der Waals surface area contributed by atoms with Crippen LogP contribution in [0.25, 0.3) is 11.1 Å². The molecule has 1 N–H and O–H groups in total. The molecule has 0 unspecified atom stereocenters. The third-order valence-corrected chi connectivity index (χ3v) is 6.19. The van der Waals surface area contributed by atoms with E-state index < -0.39 is 12.1 Å². The number of benzene rings is 3. The Bertz CT molecular complexity index is 1190. The Morgan fingerprint density at radius 1 is 0.943 bits per heavy atom. The molecule has 3 aromatic carbocycles. The van der Waals surface area contributed by atoms with Crippen LogP contribution in [-0.2, 0) is 22.6 Å². The lowest BCUT2D eigenvalue weighted by Gasteiger charge is -2.31. The minimum Gasteiger partial charge on any atom is -0.478 e. The van der Waals surface area contributed by atoms with Crippen LogP contribution in [0.3, 0.4) is 0 Å². The SMILES string of the molecule is CCCCC1=NO[C@@H](CCc2ccccc2)C(=O)N1Cc1ccc(-c2ccccc2C(=O)O)cc1. The maximum absolute atomic E-state index is 13.4. The van der Waals surface area contributed by atoms with E-state index in [1.54, 1.807) is 23.1 Å². The van der Waals surface area contributed by atoms with Crippen molar-refractivity contribution in [3.63, 3.8) is 0 Å². The Kier molecular flexibility index (Phi) is 7.93. The summed E-state index contributed by atoms with van der Waals surface area (Å²) < 4.78 is 0. The van der Waals surface area contributed by atoms with Gasteiger partial charge in [-0.25, -0.2) is 4.79 Å². The van der Waals surface area contributed by atoms with Gasteiger partial charge in [-0.05, 0) is 41.2 Å². The van der Waals surface area contributed by atoms with Crippen molar-refractivity contribution >= 4 is 17.7 Å². The Balaban J connectivity index is 1.51. The number of aryl methyl sites for hydroxylation is 1. The Morgan fingerprint density at radius 2 is 1.66 bits per heavy atom. The largest absolute Gasteiger partial charge is 0.478 e. The number of aromatic carboxylic acids is 1. The summed E-state index contributed by atoms with van der Waals surface area (Å²) in [6.07, 6.45) is 3.29. The van der Waals surface area contributed by atoms with Crippen molar-refractivity contribution in [1.82, 2.24) is 4.90 Å². The van der Waals surface area contributed by atoms with Gasteiger partial charge in [0.15, 0.2) is 5.84 Å². The fourth-order valence-electron chi connectivity index (χ4n) is 4.22. The van der Waals surface area contributed by atoms with E-state index in [1.807, 2.05) is 60.7 Å². The monoisotopic (exact) mass is 470 g/mol. The van der Waals surface area contributed by atoms with Crippen molar-refractivity contribution < 1.29 is 19.5 Å². The van der Waals surface area contributed by atoms with Crippen LogP contribution in [0.2, 0.25) is 0 Å². The number of oxime groups is 1. The molecule has 0 saturated heterocycles. The Labute approximate surface area is 205 Å². The quantitative estimate of drug-likeness (QED) is 0.399. The highest BCUT2D eigenvalue weighted by molar-refractivity contribution is 6.01. The van der Waals surface area contributed by atoms with E-state index in [1.165, 1.54) is 0 Å². The van der Waals surface area contributed by atoms with E-state index in [9.17, 15) is 14.7 Å². The molecular formula is C29H30N2O4. The molecule has 0 aromatic heterocycles. The maximum Gasteiger partial charge on any atom is 0.336 e. The van der Waals surface area contributed by atoms with Crippen LogP contribution >= 0.6 is 0 Å². The van der Waals surface area contributed by atoms with Gasteiger partial charge in [0.2, 0.25) is 6.10 Å². The van der Waals surface area contributed by atoms with Gasteiger partial charge < -0.3 is 9.94 Å². The molecule has 0 aliphatic carbocycles. The molecule has 1 amide bonds. The van der Waals surface area contributed by atoms with Crippen molar-refractivity contribution in [2.75, 3.05) is 0 Å². The summed E-state index contributed by atoms with van der Waals surface area (Å²) in [5, 5.41) is 13.8. The van der Waals surface area contributed by atoms with Crippen molar-refractivity contribution in [3.05, 3.63) is 95.6 Å². The van der Waals surface area contributed by atoms with Crippen LogP contribution in [0.15, 0.2) is 84.0 Å². The molecular weight excluding hydrogens is 440 g/mol. The lowest BCUT2D eigenvalue weighted by Crippen LogP contribution is -2.47. The van der Waals surface area contributed by atoms with E-state index in [2.05, 4.69) is 12.1 Å². The molecule has 0 bridgehead atoms. The maximum atomic E-state index is 13.4. The summed E-state index contributed by atoms with van der Waals surface area (Å²) in [5.74, 6) is -0.364. The van der Waals surface area contributed by atoms with E-state index in [0.717, 1.165) is 36.0 Å². The minimum absolute atomic E-state index is 0.0673. The van der Waals surface area contributed by atoms with Gasteiger partial charge in [0, 0.05) is 12.8 Å². The molecule has 3 aromatic rings. The zero-order valence-corrected chi connectivity index (χ0v) is 19.9. The summed E-state index contributed by atoms with van der Waals surface area (Å²) in [6.45, 7) is 2.50. The fraction of sp³-hybridized carbons (Fsp3) is 0.276. The van der Waals surface area contributed by atoms with Gasteiger partial charge in [-0.15, -0.1) is 0 Å². The smallest absolute Gasteiger partial charge is 0.336 e. The van der Waals surface area contributed by atoms with Crippen LogP contribution in [0.4, 0.5) is 0 Å². The second-order valence-corrected chi connectivity index (χ2v) is 8.70. The molecule has 1 atom stereocenters. The lowest BCUT2D eigenvalue weighted by molar-refractivity contribution is -0.144. The number of carbonyl (C=O) groups is 2. The first-order valence-electron chi connectivity index (χ1n) is 12.1. The molecule has 0 spiro atoms. The van der Waals surface area contributed by atoms with E-state index in [0.29, 0.717) is 30.8 Å². The average Bonchev–Trinajstić information content (AvgIpc) is 2.89. The summed E-state index contributed by atoms with van der Waals surface area (Å²) in [6, 6.07) is 24.7. The van der Waals surface area contributed by atoms with Gasteiger partial charge in [-0.3, -0.25) is 9.69 Å². The summed E-state index contributed by atoms with van der Waals surface area (Å²) >= 11 is 0. The van der Waals surface area contributed by atoms with Crippen LogP contribution < -0.4 is 0 Å². The van der Waals surface area contributed by atoms with Gasteiger partial charge >= 0.3 is 5.97 Å². The van der Waals surface area contributed by atoms with Crippen LogP contribution in [0.5, 0.6) is 0 Å². The summed E-state index contributed by atoms with van der Waals surface area (Å²) in [5.41, 5.74) is 3.86. The summed E-state index contributed by atoms with van der Waals surface area (Å²) in [7, 11) is 0. The van der Waals surface area contributed by atoms with Gasteiger partial charge in [-0.1, -0.05) is 91.3 Å². The van der Waals surface area contributed by atoms with E-state index in [4.69, 9.17) is 4.84 Å². The minimum atomic E-state index is -0.957. The predicted molar refractivity (Wildman–Crippen MR) is 136 cm³/mol. The third kappa shape index (κ3) is 5.96. The standard InChI is InChI=1S/C29H30N2O4/c1-2-3-13-27-30-35-26(19-16-21-9-5-4-6-10-21)28(32)31(27)20-22-14-17-23(18-15-22)24-11-7-8-12-25(24)29(33)34/h4-12,14-15,17-18,26H,2-3,13,16,19-20H2,1H3,(H,33,34)/t26-/m0/s1. The molecule has 0 radical (unpaired) electrons. The molecule has 4 rings (SSSR count). The number of amides is 1. The van der Waals surface area contributed by atoms with Crippen molar-refractivity contribution in [2.45, 2.75) is 51.7 Å². The number of rotatable bonds is 10. The molecule has 6 nitrogen and oxygen atoms in total. The predicted octanol–water partition coefficient (Wildman–Crippen LogP) is 5.92. The fourth-order valence-corrected chi connectivity index (χ4v) is 4.22. The van der Waals surface area contributed by atoms with Crippen LogP contribution in [0, 0.1) is 0 Å². The number of hydrogen-bond donors (Lipinski definition) is 1. The first-order chi connectivity index (χ1) is 17.1. The second kappa shape index (κ2) is 11.5. The highest BCUT2D eigenvalue weighted by atomic mass is 16.6. The number of carbonyl (C=O) groups excluding carboxylic acids is 1. The van der Waals surface area contributed by atoms with Gasteiger partial charge in [0.05, 0.1) is 12.1 Å². The normalized spacial score (nSPS) is 15.5. The van der Waals surface area contributed by atoms with E-state index in [-0.39, 0.29) is 11.5 Å². The topological polar surface area (TPSA) is 79.2 Å². The Hall–Kier alpha value is -3.93. The number of amidine groups is 1. The molecule has 1 aliphatic rings. The van der Waals surface area contributed by atoms with Crippen molar-refractivity contribution in [2.24, 2.45) is 5.16 Å². The van der Waals surface area contributed by atoms with Gasteiger partial charge in [0.1, 0.15) is 0 Å². The second-order valence-electron chi connectivity index (χ2n) is 8.70. The van der Waals surface area contributed by atoms with Crippen molar-refractivity contribution in [3.8, 4) is 11.1 Å². The number of nitrogens with zero attached hydrogens (tertiary/aromatic N) is 2. The molecule has 180 valence electrons. The number of carboxylic acids is 1. The van der Waals surface area contributed by atoms with Gasteiger partial charge in [0.25, 0.3) is 5.91 Å². The highest BCUT2D eigenvalue weighted by Gasteiger charge is 2.33. The van der Waals surface area contributed by atoms with Crippen molar-refractivity contribution in [1.29, 1.82) is 0 Å². The Morgan fingerprint density at radius 3 is 2.37 bits per heavy atom.